The molecule has 2 unspecified atom stereocenters. The van der Waals surface area contributed by atoms with Gasteiger partial charge in [0.1, 0.15) is 11.9 Å². The fraction of sp³-hybridized carbons (Fsp3) is 0.310. The third kappa shape index (κ3) is 4.65. The molecule has 2 bridgehead atoms. The van der Waals surface area contributed by atoms with Gasteiger partial charge in [-0.15, -0.1) is 0 Å². The topological polar surface area (TPSA) is 85.8 Å². The van der Waals surface area contributed by atoms with Crippen LogP contribution in [0.5, 0.6) is 5.88 Å². The fourth-order valence-corrected chi connectivity index (χ4v) is 5.11. The summed E-state index contributed by atoms with van der Waals surface area (Å²) in [6.45, 7) is 7.17. The van der Waals surface area contributed by atoms with E-state index in [1.807, 2.05) is 44.4 Å². The van der Waals surface area contributed by atoms with Crippen LogP contribution >= 0.6 is 0 Å². The molecule has 0 amide bonds. The number of nitrogens with zero attached hydrogens (tertiary/aromatic N) is 8. The highest BCUT2D eigenvalue weighted by Gasteiger charge is 2.43. The molecular weight excluding hydrogens is 495 g/mol. The Hall–Kier alpha value is -4.51. The van der Waals surface area contributed by atoms with Crippen molar-refractivity contribution in [1.82, 2.24) is 29.6 Å². The fourth-order valence-electron chi connectivity index (χ4n) is 5.11. The van der Waals surface area contributed by atoms with Crippen LogP contribution < -0.4 is 9.64 Å². The van der Waals surface area contributed by atoms with Crippen LogP contribution in [0.4, 0.5) is 10.2 Å². The molecule has 7 heterocycles. The van der Waals surface area contributed by atoms with Crippen LogP contribution in [0.2, 0.25) is 0 Å². The van der Waals surface area contributed by atoms with Gasteiger partial charge in [-0.1, -0.05) is 25.7 Å². The smallest absolute Gasteiger partial charge is 0.250 e. The van der Waals surface area contributed by atoms with Crippen molar-refractivity contribution >= 4 is 11.3 Å². The minimum Gasteiger partial charge on any atom is -0.479 e. The molecule has 3 saturated heterocycles. The number of halogens is 1. The molecule has 4 aromatic heterocycles. The summed E-state index contributed by atoms with van der Waals surface area (Å²) >= 11 is 0. The molecule has 0 N–H and O–H groups in total. The summed E-state index contributed by atoms with van der Waals surface area (Å²) in [5, 5.41) is 18.5. The first-order valence-corrected chi connectivity index (χ1v) is 12.8. The maximum absolute atomic E-state index is 14.1. The minimum atomic E-state index is -0.450. The molecule has 4 aromatic rings. The number of methoxy groups -OCH3 is 1. The van der Waals surface area contributed by atoms with Gasteiger partial charge < -0.3 is 9.64 Å². The molecule has 0 saturated carbocycles. The van der Waals surface area contributed by atoms with E-state index < -0.39 is 5.82 Å². The van der Waals surface area contributed by atoms with Crippen molar-refractivity contribution in [3.8, 4) is 34.9 Å². The van der Waals surface area contributed by atoms with Crippen LogP contribution in [0.15, 0.2) is 49.1 Å². The van der Waals surface area contributed by atoms with Gasteiger partial charge in [-0.2, -0.15) is 10.4 Å². The Morgan fingerprint density at radius 2 is 2.03 bits per heavy atom. The van der Waals surface area contributed by atoms with Crippen LogP contribution in [-0.4, -0.2) is 62.5 Å². The molecule has 3 aliphatic heterocycles. The number of pyridine rings is 3. The number of anilines is 1. The predicted octanol–water partition coefficient (Wildman–Crippen LogP) is 3.70. The first-order chi connectivity index (χ1) is 18.9. The van der Waals surface area contributed by atoms with E-state index in [0.29, 0.717) is 24.8 Å². The molecule has 2 atom stereocenters. The lowest BCUT2D eigenvalue weighted by atomic mass is 10.0. The van der Waals surface area contributed by atoms with Gasteiger partial charge in [-0.25, -0.2) is 28.9 Å². The van der Waals surface area contributed by atoms with E-state index in [0.717, 1.165) is 46.7 Å². The average Bonchev–Trinajstić information content (AvgIpc) is 3.38. The monoisotopic (exact) mass is 522 g/mol. The van der Waals surface area contributed by atoms with E-state index in [1.165, 1.54) is 13.2 Å². The Labute approximate surface area is 226 Å². The highest BCUT2D eigenvalue weighted by molar-refractivity contribution is 5.85. The molecular formula is C29H27FN8O. The Bertz CT molecular complexity index is 1630. The molecule has 196 valence electrons. The van der Waals surface area contributed by atoms with E-state index in [2.05, 4.69) is 42.9 Å². The first kappa shape index (κ1) is 24.8. The predicted molar refractivity (Wildman–Crippen MR) is 144 cm³/mol. The maximum Gasteiger partial charge on any atom is 0.250 e. The van der Waals surface area contributed by atoms with Crippen molar-refractivity contribution in [1.29, 1.82) is 5.26 Å². The third-order valence-corrected chi connectivity index (χ3v) is 6.99. The van der Waals surface area contributed by atoms with Gasteiger partial charge >= 0.3 is 0 Å². The van der Waals surface area contributed by atoms with E-state index in [1.54, 1.807) is 16.9 Å². The first-order valence-electron chi connectivity index (χ1n) is 12.8. The van der Waals surface area contributed by atoms with Gasteiger partial charge in [0.05, 0.1) is 37.1 Å². The molecule has 0 radical (unpaired) electrons. The van der Waals surface area contributed by atoms with Crippen molar-refractivity contribution in [3.63, 3.8) is 0 Å². The number of hydrogen-bond acceptors (Lipinski definition) is 8. The number of fused-ring (bicyclic) bond motifs is 3. The minimum absolute atomic E-state index is 0.0107. The lowest BCUT2D eigenvalue weighted by molar-refractivity contribution is -0.186. The van der Waals surface area contributed by atoms with Gasteiger partial charge in [0.2, 0.25) is 5.88 Å². The van der Waals surface area contributed by atoms with Crippen LogP contribution in [-0.2, 0) is 6.54 Å². The summed E-state index contributed by atoms with van der Waals surface area (Å²) in [7, 11) is 1.41. The Kier molecular flexibility index (Phi) is 6.35. The summed E-state index contributed by atoms with van der Waals surface area (Å²) in [5.41, 5.74) is 4.66. The highest BCUT2D eigenvalue weighted by atomic mass is 19.1. The van der Waals surface area contributed by atoms with E-state index in [-0.39, 0.29) is 11.8 Å². The van der Waals surface area contributed by atoms with Gasteiger partial charge in [0.15, 0.2) is 5.82 Å². The Morgan fingerprint density at radius 3 is 2.69 bits per heavy atom. The number of hydrazine groups is 1. The number of ether oxygens (including phenoxy) is 1. The highest BCUT2D eigenvalue weighted by Crippen LogP contribution is 2.32. The van der Waals surface area contributed by atoms with Crippen LogP contribution in [0, 0.1) is 34.9 Å². The largest absolute Gasteiger partial charge is 0.479 e. The van der Waals surface area contributed by atoms with Crippen LogP contribution in [0.3, 0.4) is 0 Å². The van der Waals surface area contributed by atoms with Gasteiger partial charge in [0.25, 0.3) is 0 Å². The SMILES string of the molecule is COc1ncc(CN2C3CN(c4ccc(-c5cc(C#CC(C)C)cn6ncc(C#N)c56)cn4)CN2C3)cc1F. The van der Waals surface area contributed by atoms with Gasteiger partial charge in [0, 0.05) is 60.8 Å². The second kappa shape index (κ2) is 9.99. The summed E-state index contributed by atoms with van der Waals surface area (Å²) in [5.74, 6) is 7.10. The molecule has 39 heavy (non-hydrogen) atoms. The lowest BCUT2D eigenvalue weighted by Gasteiger charge is -2.58. The standard InChI is InChI=1S/C29H27FN8O/c1-19(2)4-5-20-8-25(28-23(10-31)13-34-37(28)14-20)22-6-7-27(32-12-22)35-16-24-17-36(18-35)38(24)15-21-9-26(30)29(39-3)33-11-21/h6-9,11-14,19,24H,15-18H2,1-3H3. The summed E-state index contributed by atoms with van der Waals surface area (Å²) < 4.78 is 20.7. The zero-order chi connectivity index (χ0) is 27.1. The van der Waals surface area contributed by atoms with Gasteiger partial charge in [-0.05, 0) is 29.8 Å². The normalized spacial score (nSPS) is 18.4. The number of nitriles is 1. The van der Waals surface area contributed by atoms with Crippen LogP contribution in [0.25, 0.3) is 16.6 Å². The molecule has 10 heteroatoms. The molecule has 0 aromatic carbocycles. The summed E-state index contributed by atoms with van der Waals surface area (Å²) in [4.78, 5) is 11.1. The van der Waals surface area contributed by atoms with Crippen molar-refractivity contribution < 1.29 is 9.13 Å². The second-order valence-electron chi connectivity index (χ2n) is 10.1. The van der Waals surface area contributed by atoms with Crippen molar-refractivity contribution in [2.45, 2.75) is 26.4 Å². The van der Waals surface area contributed by atoms with E-state index in [9.17, 15) is 9.65 Å². The zero-order valence-corrected chi connectivity index (χ0v) is 22.0. The van der Waals surface area contributed by atoms with Crippen molar-refractivity contribution in [2.24, 2.45) is 5.92 Å². The number of rotatable bonds is 5. The molecule has 7 rings (SSSR count). The maximum atomic E-state index is 14.1. The Balaban J connectivity index is 1.21. The number of hydrogen-bond donors (Lipinski definition) is 0. The molecule has 0 spiro atoms. The third-order valence-electron chi connectivity index (χ3n) is 6.99. The summed E-state index contributed by atoms with van der Waals surface area (Å²) in [6, 6.07) is 10.1. The average molecular weight is 523 g/mol. The molecule has 9 nitrogen and oxygen atoms in total. The van der Waals surface area contributed by atoms with Gasteiger partial charge in [-0.3, -0.25) is 0 Å². The van der Waals surface area contributed by atoms with Crippen LogP contribution in [0.1, 0.15) is 30.5 Å². The molecule has 3 fully saturated rings. The lowest BCUT2D eigenvalue weighted by Crippen LogP contribution is -2.74. The summed E-state index contributed by atoms with van der Waals surface area (Å²) in [6.07, 6.45) is 6.94. The second-order valence-corrected chi connectivity index (χ2v) is 10.1. The number of aromatic nitrogens is 4. The Morgan fingerprint density at radius 1 is 1.15 bits per heavy atom. The van der Waals surface area contributed by atoms with Crippen molar-refractivity contribution in [3.05, 3.63) is 71.6 Å². The quantitative estimate of drug-likeness (QED) is 0.367. The van der Waals surface area contributed by atoms with E-state index >= 15 is 0 Å². The molecule has 0 aliphatic carbocycles. The molecule has 3 aliphatic rings. The van der Waals surface area contributed by atoms with Crippen molar-refractivity contribution in [2.75, 3.05) is 31.8 Å². The van der Waals surface area contributed by atoms with E-state index in [4.69, 9.17) is 9.72 Å². The zero-order valence-electron chi connectivity index (χ0n) is 22.0.